The van der Waals surface area contributed by atoms with Crippen LogP contribution in [0, 0.1) is 5.92 Å². The molecule has 5 heterocycles. The molecule has 5 rings (SSSR count). The van der Waals surface area contributed by atoms with Gasteiger partial charge in [-0.2, -0.15) is 0 Å². The van der Waals surface area contributed by atoms with Gasteiger partial charge in [0.05, 0.1) is 18.7 Å². The molecular weight excluding hydrogens is 394 g/mol. The summed E-state index contributed by atoms with van der Waals surface area (Å²) in [5.74, 6) is 2.15. The molecule has 2 saturated heterocycles. The number of rotatable bonds is 4. The Kier molecular flexibility index (Phi) is 5.57. The van der Waals surface area contributed by atoms with Crippen molar-refractivity contribution in [2.24, 2.45) is 5.92 Å². The minimum Gasteiger partial charge on any atom is -0.378 e. The third kappa shape index (κ3) is 4.27. The Hall–Kier alpha value is -3.33. The SMILES string of the molecule is O=C(Nc1ncccn1)C1CCN(c2nc(N3CCOCC3)cc3ncccc23)CC1. The van der Waals surface area contributed by atoms with Crippen LogP contribution in [0.5, 0.6) is 0 Å². The molecule has 160 valence electrons. The third-order valence-corrected chi connectivity index (χ3v) is 5.87. The lowest BCUT2D eigenvalue weighted by atomic mass is 9.95. The summed E-state index contributed by atoms with van der Waals surface area (Å²) in [6, 6.07) is 7.80. The number of anilines is 3. The first kappa shape index (κ1) is 19.6. The van der Waals surface area contributed by atoms with E-state index in [-0.39, 0.29) is 11.8 Å². The Morgan fingerprint density at radius 3 is 2.48 bits per heavy atom. The predicted octanol–water partition coefficient (Wildman–Crippen LogP) is 2.11. The Morgan fingerprint density at radius 2 is 1.71 bits per heavy atom. The van der Waals surface area contributed by atoms with Gasteiger partial charge in [-0.1, -0.05) is 0 Å². The second-order valence-corrected chi connectivity index (χ2v) is 7.80. The van der Waals surface area contributed by atoms with Gasteiger partial charge in [0.1, 0.15) is 11.6 Å². The number of piperidine rings is 1. The number of hydrogen-bond acceptors (Lipinski definition) is 8. The Bertz CT molecular complexity index is 1050. The van der Waals surface area contributed by atoms with Gasteiger partial charge in [-0.3, -0.25) is 15.1 Å². The van der Waals surface area contributed by atoms with Crippen LogP contribution in [0.4, 0.5) is 17.6 Å². The average Bonchev–Trinajstić information content (AvgIpc) is 2.84. The molecule has 3 aromatic rings. The number of fused-ring (bicyclic) bond motifs is 1. The highest BCUT2D eigenvalue weighted by molar-refractivity contribution is 5.93. The van der Waals surface area contributed by atoms with Crippen molar-refractivity contribution < 1.29 is 9.53 Å². The number of amides is 1. The van der Waals surface area contributed by atoms with Gasteiger partial charge in [0, 0.05) is 62.1 Å². The van der Waals surface area contributed by atoms with Crippen LogP contribution in [0.15, 0.2) is 42.9 Å². The van der Waals surface area contributed by atoms with Crippen LogP contribution in [-0.4, -0.2) is 65.2 Å². The molecule has 31 heavy (non-hydrogen) atoms. The summed E-state index contributed by atoms with van der Waals surface area (Å²) in [7, 11) is 0. The monoisotopic (exact) mass is 419 g/mol. The van der Waals surface area contributed by atoms with Crippen molar-refractivity contribution in [3.8, 4) is 0 Å². The number of carbonyl (C=O) groups is 1. The van der Waals surface area contributed by atoms with E-state index in [2.05, 4.69) is 42.2 Å². The van der Waals surface area contributed by atoms with Gasteiger partial charge in [0.15, 0.2) is 0 Å². The predicted molar refractivity (Wildman–Crippen MR) is 118 cm³/mol. The first-order valence-electron chi connectivity index (χ1n) is 10.7. The van der Waals surface area contributed by atoms with Crippen LogP contribution in [0.1, 0.15) is 12.8 Å². The van der Waals surface area contributed by atoms with Crippen molar-refractivity contribution in [2.75, 3.05) is 54.5 Å². The van der Waals surface area contributed by atoms with Gasteiger partial charge in [0.2, 0.25) is 11.9 Å². The van der Waals surface area contributed by atoms with E-state index in [0.29, 0.717) is 19.2 Å². The third-order valence-electron chi connectivity index (χ3n) is 5.87. The van der Waals surface area contributed by atoms with Crippen LogP contribution in [0.25, 0.3) is 10.9 Å². The number of nitrogens with one attached hydrogen (secondary N) is 1. The fourth-order valence-corrected chi connectivity index (χ4v) is 4.17. The minimum atomic E-state index is -0.0631. The van der Waals surface area contributed by atoms with Crippen LogP contribution in [0.2, 0.25) is 0 Å². The fraction of sp³-hybridized carbons (Fsp3) is 0.409. The van der Waals surface area contributed by atoms with Crippen LogP contribution in [0.3, 0.4) is 0 Å². The number of nitrogens with zero attached hydrogens (tertiary/aromatic N) is 6. The quantitative estimate of drug-likeness (QED) is 0.687. The van der Waals surface area contributed by atoms with Crippen LogP contribution in [-0.2, 0) is 9.53 Å². The lowest BCUT2D eigenvalue weighted by Gasteiger charge is -2.34. The maximum absolute atomic E-state index is 12.6. The Balaban J connectivity index is 1.33. The molecule has 3 aromatic heterocycles. The highest BCUT2D eigenvalue weighted by Crippen LogP contribution is 2.31. The largest absolute Gasteiger partial charge is 0.378 e. The lowest BCUT2D eigenvalue weighted by Crippen LogP contribution is -2.40. The van der Waals surface area contributed by atoms with E-state index >= 15 is 0 Å². The maximum Gasteiger partial charge on any atom is 0.229 e. The summed E-state index contributed by atoms with van der Waals surface area (Å²) in [6.45, 7) is 4.60. The summed E-state index contributed by atoms with van der Waals surface area (Å²) in [6.07, 6.45) is 6.57. The van der Waals surface area contributed by atoms with Crippen LogP contribution >= 0.6 is 0 Å². The standard InChI is InChI=1S/C22H25N7O2/c30-21(27-22-24-7-2-8-25-22)16-4-9-29(10-5-16)20-17-3-1-6-23-18(17)15-19(26-20)28-11-13-31-14-12-28/h1-3,6-8,15-16H,4-5,9-14H2,(H,24,25,27,30). The number of morpholine rings is 1. The maximum atomic E-state index is 12.6. The zero-order chi connectivity index (χ0) is 21.0. The van der Waals surface area contributed by atoms with Crippen molar-refractivity contribution in [2.45, 2.75) is 12.8 Å². The molecule has 1 amide bonds. The smallest absolute Gasteiger partial charge is 0.229 e. The molecule has 0 aliphatic carbocycles. The molecule has 9 heteroatoms. The highest BCUT2D eigenvalue weighted by atomic mass is 16.5. The Morgan fingerprint density at radius 1 is 0.968 bits per heavy atom. The van der Waals surface area contributed by atoms with E-state index in [1.807, 2.05) is 12.3 Å². The second kappa shape index (κ2) is 8.81. The summed E-state index contributed by atoms with van der Waals surface area (Å²) in [4.78, 5) is 34.9. The summed E-state index contributed by atoms with van der Waals surface area (Å²) >= 11 is 0. The number of aromatic nitrogens is 4. The molecule has 2 fully saturated rings. The molecular formula is C22H25N7O2. The minimum absolute atomic E-state index is 0.0209. The normalized spacial score (nSPS) is 17.7. The first-order chi connectivity index (χ1) is 15.3. The van der Waals surface area contributed by atoms with Gasteiger partial charge < -0.3 is 14.5 Å². The van der Waals surface area contributed by atoms with Crippen molar-refractivity contribution >= 4 is 34.4 Å². The molecule has 0 saturated carbocycles. The summed E-state index contributed by atoms with van der Waals surface area (Å²) in [5.41, 5.74) is 0.940. The molecule has 2 aliphatic heterocycles. The molecule has 0 unspecified atom stereocenters. The van der Waals surface area contributed by atoms with Crippen molar-refractivity contribution in [1.29, 1.82) is 0 Å². The summed E-state index contributed by atoms with van der Waals surface area (Å²) < 4.78 is 5.49. The highest BCUT2D eigenvalue weighted by Gasteiger charge is 2.27. The van der Waals surface area contributed by atoms with E-state index in [4.69, 9.17) is 9.72 Å². The van der Waals surface area contributed by atoms with E-state index in [1.54, 1.807) is 18.5 Å². The van der Waals surface area contributed by atoms with Gasteiger partial charge >= 0.3 is 0 Å². The van der Waals surface area contributed by atoms with Gasteiger partial charge in [-0.25, -0.2) is 15.0 Å². The zero-order valence-corrected chi connectivity index (χ0v) is 17.3. The molecule has 0 atom stereocenters. The summed E-state index contributed by atoms with van der Waals surface area (Å²) in [5, 5.41) is 3.87. The van der Waals surface area contributed by atoms with E-state index in [0.717, 1.165) is 61.6 Å². The van der Waals surface area contributed by atoms with Gasteiger partial charge in [0.25, 0.3) is 0 Å². The average molecular weight is 419 g/mol. The first-order valence-corrected chi connectivity index (χ1v) is 10.7. The number of hydrogen-bond donors (Lipinski definition) is 1. The van der Waals surface area contributed by atoms with Gasteiger partial charge in [-0.05, 0) is 31.0 Å². The second-order valence-electron chi connectivity index (χ2n) is 7.80. The number of pyridine rings is 2. The van der Waals surface area contributed by atoms with Crippen LogP contribution < -0.4 is 15.1 Å². The molecule has 0 bridgehead atoms. The Labute approximate surface area is 180 Å². The topological polar surface area (TPSA) is 96.4 Å². The van der Waals surface area contributed by atoms with E-state index in [9.17, 15) is 4.79 Å². The molecule has 9 nitrogen and oxygen atoms in total. The fourth-order valence-electron chi connectivity index (χ4n) is 4.17. The van der Waals surface area contributed by atoms with Crippen molar-refractivity contribution in [3.05, 3.63) is 42.9 Å². The molecule has 1 N–H and O–H groups in total. The number of ether oxygens (including phenoxy) is 1. The number of carbonyl (C=O) groups excluding carboxylic acids is 1. The lowest BCUT2D eigenvalue weighted by molar-refractivity contribution is -0.120. The molecule has 0 spiro atoms. The van der Waals surface area contributed by atoms with E-state index < -0.39 is 0 Å². The molecule has 2 aliphatic rings. The van der Waals surface area contributed by atoms with E-state index in [1.165, 1.54) is 0 Å². The molecule has 0 aromatic carbocycles. The van der Waals surface area contributed by atoms with Gasteiger partial charge in [-0.15, -0.1) is 0 Å². The van der Waals surface area contributed by atoms with Crippen molar-refractivity contribution in [1.82, 2.24) is 19.9 Å². The molecule has 0 radical (unpaired) electrons. The van der Waals surface area contributed by atoms with Crippen molar-refractivity contribution in [3.63, 3.8) is 0 Å². The zero-order valence-electron chi connectivity index (χ0n) is 17.3.